The number of thioether (sulfide) groups is 1. The van der Waals surface area contributed by atoms with E-state index in [1.807, 2.05) is 60.7 Å². The van der Waals surface area contributed by atoms with Crippen LogP contribution in [0, 0.1) is 0 Å². The van der Waals surface area contributed by atoms with Crippen molar-refractivity contribution in [2.24, 2.45) is 0 Å². The van der Waals surface area contributed by atoms with Crippen molar-refractivity contribution in [3.05, 3.63) is 66.2 Å². The maximum Gasteiger partial charge on any atom is 0.136 e. The maximum atomic E-state index is 10.5. The molecule has 3 rings (SSSR count). The van der Waals surface area contributed by atoms with Crippen molar-refractivity contribution in [3.63, 3.8) is 0 Å². The molecule has 2 aromatic carbocycles. The molecule has 1 aliphatic rings. The van der Waals surface area contributed by atoms with Crippen molar-refractivity contribution in [3.8, 4) is 0 Å². The van der Waals surface area contributed by atoms with E-state index in [1.54, 1.807) is 6.92 Å². The first-order valence-corrected chi connectivity index (χ1v) is 8.92. The van der Waals surface area contributed by atoms with Crippen LogP contribution in [0.25, 0.3) is 0 Å². The third-order valence-electron chi connectivity index (χ3n) is 4.07. The van der Waals surface area contributed by atoms with Crippen LogP contribution in [-0.4, -0.2) is 40.1 Å². The highest BCUT2D eigenvalue weighted by molar-refractivity contribution is 7.99. The molecule has 0 bridgehead atoms. The maximum absolute atomic E-state index is 10.5. The molecule has 1 fully saturated rings. The van der Waals surface area contributed by atoms with E-state index in [1.165, 1.54) is 11.8 Å². The van der Waals surface area contributed by atoms with Gasteiger partial charge in [0.2, 0.25) is 0 Å². The number of hydrogen-bond donors (Lipinski definition) is 2. The molecule has 5 atom stereocenters. The van der Waals surface area contributed by atoms with Gasteiger partial charge in [0.15, 0.2) is 0 Å². The lowest BCUT2D eigenvalue weighted by molar-refractivity contribution is -0.210. The molecule has 128 valence electrons. The number of rotatable bonds is 5. The van der Waals surface area contributed by atoms with Crippen molar-refractivity contribution in [2.75, 3.05) is 0 Å². The summed E-state index contributed by atoms with van der Waals surface area (Å²) in [5.74, 6) is 0. The number of benzene rings is 2. The van der Waals surface area contributed by atoms with E-state index in [9.17, 15) is 10.2 Å². The van der Waals surface area contributed by atoms with Gasteiger partial charge in [-0.1, -0.05) is 60.3 Å². The summed E-state index contributed by atoms with van der Waals surface area (Å²) < 4.78 is 11.8. The highest BCUT2D eigenvalue weighted by Gasteiger charge is 2.43. The molecule has 0 saturated carbocycles. The summed E-state index contributed by atoms with van der Waals surface area (Å²) in [5.41, 5.74) is 0.630. The van der Waals surface area contributed by atoms with Gasteiger partial charge in [-0.3, -0.25) is 0 Å². The van der Waals surface area contributed by atoms with Crippen molar-refractivity contribution in [2.45, 2.75) is 48.3 Å². The zero-order valence-corrected chi connectivity index (χ0v) is 14.3. The molecule has 1 aliphatic heterocycles. The Morgan fingerprint density at radius 1 is 0.958 bits per heavy atom. The molecular formula is C19H22O4S. The quantitative estimate of drug-likeness (QED) is 0.872. The third kappa shape index (κ3) is 4.18. The standard InChI is InChI=1S/C19H22O4S/c1-13-16(20)17(21)18(22-12-14-8-4-2-5-9-14)19(23-13)24-15-10-6-3-7-11-15/h2-11,13,16-21H,12H2,1H3/t13-,16-,17-,18-,19+/m1/s1. The molecule has 0 aliphatic carbocycles. The number of hydrogen-bond acceptors (Lipinski definition) is 5. The summed E-state index contributed by atoms with van der Waals surface area (Å²) in [4.78, 5) is 1.03. The first kappa shape index (κ1) is 17.5. The SMILES string of the molecule is C[C@H]1O[C@@H](Sc2ccccc2)[C@H](OCc2ccccc2)[C@H](O)[C@@H]1O. The van der Waals surface area contributed by atoms with E-state index < -0.39 is 24.4 Å². The van der Waals surface area contributed by atoms with Crippen LogP contribution in [-0.2, 0) is 16.1 Å². The highest BCUT2D eigenvalue weighted by Crippen LogP contribution is 2.35. The summed E-state index contributed by atoms with van der Waals surface area (Å²) in [6.07, 6.45) is -3.00. The van der Waals surface area contributed by atoms with Gasteiger partial charge in [-0.15, -0.1) is 0 Å². The van der Waals surface area contributed by atoms with E-state index in [4.69, 9.17) is 9.47 Å². The van der Waals surface area contributed by atoms with Gasteiger partial charge in [0, 0.05) is 4.90 Å². The molecule has 5 heteroatoms. The zero-order chi connectivity index (χ0) is 16.9. The molecule has 0 radical (unpaired) electrons. The largest absolute Gasteiger partial charge is 0.388 e. The monoisotopic (exact) mass is 346 g/mol. The normalized spacial score (nSPS) is 30.2. The minimum Gasteiger partial charge on any atom is -0.388 e. The average Bonchev–Trinajstić information content (AvgIpc) is 2.61. The van der Waals surface area contributed by atoms with Crippen LogP contribution in [0.4, 0.5) is 0 Å². The second-order valence-corrected chi connectivity index (χ2v) is 7.05. The van der Waals surface area contributed by atoms with Crippen LogP contribution >= 0.6 is 11.8 Å². The average molecular weight is 346 g/mol. The van der Waals surface area contributed by atoms with Gasteiger partial charge in [0.25, 0.3) is 0 Å². The number of aliphatic hydroxyl groups is 2. The number of ether oxygens (including phenoxy) is 2. The van der Waals surface area contributed by atoms with Gasteiger partial charge >= 0.3 is 0 Å². The fraction of sp³-hybridized carbons (Fsp3) is 0.368. The Kier molecular flexibility index (Phi) is 5.92. The summed E-state index contributed by atoms with van der Waals surface area (Å²) >= 11 is 1.50. The van der Waals surface area contributed by atoms with Crippen molar-refractivity contribution < 1.29 is 19.7 Å². The fourth-order valence-corrected chi connectivity index (χ4v) is 3.86. The minimum atomic E-state index is -0.987. The highest BCUT2D eigenvalue weighted by atomic mass is 32.2. The third-order valence-corrected chi connectivity index (χ3v) is 5.22. The first-order chi connectivity index (χ1) is 11.6. The van der Waals surface area contributed by atoms with Gasteiger partial charge in [-0.25, -0.2) is 0 Å². The molecule has 0 spiro atoms. The molecule has 0 aromatic heterocycles. The van der Waals surface area contributed by atoms with E-state index in [0.717, 1.165) is 10.5 Å². The summed E-state index contributed by atoms with van der Waals surface area (Å²) in [6, 6.07) is 19.6. The number of aliphatic hydroxyl groups excluding tert-OH is 2. The molecule has 1 heterocycles. The van der Waals surface area contributed by atoms with E-state index in [2.05, 4.69) is 0 Å². The molecule has 2 N–H and O–H groups in total. The van der Waals surface area contributed by atoms with Crippen LogP contribution in [0.2, 0.25) is 0 Å². The predicted molar refractivity (Wildman–Crippen MR) is 93.7 cm³/mol. The van der Waals surface area contributed by atoms with Gasteiger partial charge in [-0.05, 0) is 24.6 Å². The Morgan fingerprint density at radius 2 is 1.58 bits per heavy atom. The Labute approximate surface area is 146 Å². The van der Waals surface area contributed by atoms with Crippen molar-refractivity contribution >= 4 is 11.8 Å². The van der Waals surface area contributed by atoms with E-state index in [0.29, 0.717) is 6.61 Å². The summed E-state index contributed by atoms with van der Waals surface area (Å²) in [6.45, 7) is 2.12. The van der Waals surface area contributed by atoms with E-state index >= 15 is 0 Å². The van der Waals surface area contributed by atoms with Crippen LogP contribution in [0.5, 0.6) is 0 Å². The lowest BCUT2D eigenvalue weighted by atomic mass is 10.0. The van der Waals surface area contributed by atoms with Crippen LogP contribution in [0.1, 0.15) is 12.5 Å². The van der Waals surface area contributed by atoms with Gasteiger partial charge in [0.05, 0.1) is 12.7 Å². The zero-order valence-electron chi connectivity index (χ0n) is 13.5. The molecule has 0 amide bonds. The van der Waals surface area contributed by atoms with E-state index in [-0.39, 0.29) is 5.44 Å². The minimum absolute atomic E-state index is 0.360. The van der Waals surface area contributed by atoms with Crippen LogP contribution in [0.3, 0.4) is 0 Å². The Balaban J connectivity index is 1.72. The van der Waals surface area contributed by atoms with Gasteiger partial charge in [0.1, 0.15) is 23.7 Å². The van der Waals surface area contributed by atoms with Crippen LogP contribution in [0.15, 0.2) is 65.6 Å². The van der Waals surface area contributed by atoms with Gasteiger partial charge in [-0.2, -0.15) is 0 Å². The lowest BCUT2D eigenvalue weighted by Crippen LogP contribution is -2.56. The first-order valence-electron chi connectivity index (χ1n) is 8.04. The Morgan fingerprint density at radius 3 is 2.25 bits per heavy atom. The molecule has 2 aromatic rings. The lowest BCUT2D eigenvalue weighted by Gasteiger charge is -2.41. The molecule has 0 unspecified atom stereocenters. The smallest absolute Gasteiger partial charge is 0.136 e. The predicted octanol–water partition coefficient (Wildman–Crippen LogP) is 2.83. The van der Waals surface area contributed by atoms with Gasteiger partial charge < -0.3 is 19.7 Å². The van der Waals surface area contributed by atoms with Crippen LogP contribution < -0.4 is 0 Å². The molecular weight excluding hydrogens is 324 g/mol. The molecule has 24 heavy (non-hydrogen) atoms. The second-order valence-electron chi connectivity index (χ2n) is 5.88. The molecule has 1 saturated heterocycles. The summed E-state index contributed by atoms with van der Waals surface area (Å²) in [5, 5.41) is 20.6. The fourth-order valence-electron chi connectivity index (χ4n) is 2.67. The second kappa shape index (κ2) is 8.14. The Hall–Kier alpha value is -1.37. The van der Waals surface area contributed by atoms with Crippen molar-refractivity contribution in [1.29, 1.82) is 0 Å². The Bertz CT molecular complexity index is 622. The van der Waals surface area contributed by atoms with Crippen molar-refractivity contribution in [1.82, 2.24) is 0 Å². The summed E-state index contributed by atoms with van der Waals surface area (Å²) in [7, 11) is 0. The topological polar surface area (TPSA) is 58.9 Å². The molecule has 4 nitrogen and oxygen atoms in total.